The van der Waals surface area contributed by atoms with Crippen molar-refractivity contribution in [1.82, 2.24) is 15.1 Å². The van der Waals surface area contributed by atoms with Gasteiger partial charge in [0.15, 0.2) is 0 Å². The van der Waals surface area contributed by atoms with Crippen molar-refractivity contribution in [2.75, 3.05) is 40.3 Å². The number of hydrogen-bond acceptors (Lipinski definition) is 3. The minimum Gasteiger partial charge on any atom is -0.312 e. The van der Waals surface area contributed by atoms with E-state index in [1.807, 2.05) is 0 Å². The van der Waals surface area contributed by atoms with Gasteiger partial charge in [0.1, 0.15) is 0 Å². The molecule has 0 aromatic carbocycles. The Hall–Kier alpha value is -0.120. The zero-order valence-corrected chi connectivity index (χ0v) is 14.2. The number of rotatable bonds is 4. The van der Waals surface area contributed by atoms with E-state index in [9.17, 15) is 0 Å². The molecule has 0 spiro atoms. The first-order valence-electron chi connectivity index (χ1n) is 8.63. The van der Waals surface area contributed by atoms with Gasteiger partial charge in [-0.1, -0.05) is 20.8 Å². The van der Waals surface area contributed by atoms with Crippen LogP contribution in [0.4, 0.5) is 0 Å². The number of nitrogens with zero attached hydrogens (tertiary/aromatic N) is 2. The van der Waals surface area contributed by atoms with Crippen molar-refractivity contribution in [2.24, 2.45) is 17.8 Å². The molecule has 0 aromatic rings. The Morgan fingerprint density at radius 2 is 1.70 bits per heavy atom. The molecule has 2 rings (SSSR count). The molecule has 0 aromatic heterocycles. The number of nitrogens with one attached hydrogen (secondary N) is 1. The number of piperazine rings is 1. The van der Waals surface area contributed by atoms with E-state index in [0.717, 1.165) is 24.3 Å². The van der Waals surface area contributed by atoms with Crippen molar-refractivity contribution in [3.63, 3.8) is 0 Å². The first-order chi connectivity index (χ1) is 9.51. The maximum Gasteiger partial charge on any atom is 0.0376 e. The van der Waals surface area contributed by atoms with E-state index in [1.165, 1.54) is 38.9 Å². The van der Waals surface area contributed by atoms with E-state index in [1.54, 1.807) is 0 Å². The molecule has 2 fully saturated rings. The second kappa shape index (κ2) is 7.24. The minimum absolute atomic E-state index is 0.665. The second-order valence-electron chi connectivity index (χ2n) is 7.57. The molecule has 1 saturated carbocycles. The molecule has 2 aliphatic rings. The third-order valence-electron chi connectivity index (χ3n) is 5.48. The molecule has 1 aliphatic carbocycles. The lowest BCUT2D eigenvalue weighted by Crippen LogP contribution is -2.61. The van der Waals surface area contributed by atoms with Crippen LogP contribution in [0, 0.1) is 17.8 Å². The average molecular weight is 281 g/mol. The lowest BCUT2D eigenvalue weighted by Gasteiger charge is -2.47. The third kappa shape index (κ3) is 3.96. The van der Waals surface area contributed by atoms with Gasteiger partial charge < -0.3 is 10.2 Å². The molecule has 0 bridgehead atoms. The van der Waals surface area contributed by atoms with Gasteiger partial charge in [-0.2, -0.15) is 0 Å². The highest BCUT2D eigenvalue weighted by Gasteiger charge is 2.37. The summed E-state index contributed by atoms with van der Waals surface area (Å²) < 4.78 is 0. The van der Waals surface area contributed by atoms with Gasteiger partial charge in [-0.3, -0.25) is 4.90 Å². The van der Waals surface area contributed by atoms with Crippen molar-refractivity contribution in [2.45, 2.75) is 52.1 Å². The Bertz CT molecular complexity index is 284. The monoisotopic (exact) mass is 281 g/mol. The molecule has 4 unspecified atom stereocenters. The van der Waals surface area contributed by atoms with Crippen LogP contribution in [0.5, 0.6) is 0 Å². The molecule has 1 saturated heterocycles. The Kier molecular flexibility index (Phi) is 5.88. The van der Waals surface area contributed by atoms with Crippen LogP contribution in [0.2, 0.25) is 0 Å². The Morgan fingerprint density at radius 1 is 1.05 bits per heavy atom. The maximum absolute atomic E-state index is 3.85. The summed E-state index contributed by atoms with van der Waals surface area (Å²) in [6.07, 6.45) is 4.25. The Balaban J connectivity index is 2.08. The van der Waals surface area contributed by atoms with Crippen LogP contribution < -0.4 is 5.32 Å². The Morgan fingerprint density at radius 3 is 2.30 bits per heavy atom. The van der Waals surface area contributed by atoms with E-state index < -0.39 is 0 Å². The molecular formula is C17H35N3. The quantitative estimate of drug-likeness (QED) is 0.853. The molecule has 20 heavy (non-hydrogen) atoms. The minimum atomic E-state index is 0.665. The Labute approximate surface area is 126 Å². The summed E-state index contributed by atoms with van der Waals surface area (Å²) in [6, 6.07) is 1.34. The topological polar surface area (TPSA) is 18.5 Å². The van der Waals surface area contributed by atoms with E-state index in [-0.39, 0.29) is 0 Å². The van der Waals surface area contributed by atoms with Gasteiger partial charge >= 0.3 is 0 Å². The molecule has 4 atom stereocenters. The molecule has 3 heteroatoms. The fraction of sp³-hybridized carbons (Fsp3) is 1.00. The molecular weight excluding hydrogens is 246 g/mol. The lowest BCUT2D eigenvalue weighted by molar-refractivity contribution is 0.0508. The largest absolute Gasteiger partial charge is 0.312 e. The summed E-state index contributed by atoms with van der Waals surface area (Å²) in [5, 5.41) is 3.85. The van der Waals surface area contributed by atoms with Crippen LogP contribution >= 0.6 is 0 Å². The van der Waals surface area contributed by atoms with Crippen LogP contribution in [0.25, 0.3) is 0 Å². The van der Waals surface area contributed by atoms with Gasteiger partial charge in [0, 0.05) is 31.7 Å². The molecule has 0 amide bonds. The van der Waals surface area contributed by atoms with Crippen LogP contribution in [0.3, 0.4) is 0 Å². The van der Waals surface area contributed by atoms with Gasteiger partial charge in [0.05, 0.1) is 0 Å². The van der Waals surface area contributed by atoms with Gasteiger partial charge in [0.2, 0.25) is 0 Å². The summed E-state index contributed by atoms with van der Waals surface area (Å²) in [6.45, 7) is 11.9. The van der Waals surface area contributed by atoms with Crippen molar-refractivity contribution < 1.29 is 0 Å². The van der Waals surface area contributed by atoms with Gasteiger partial charge in [-0.25, -0.2) is 0 Å². The SMILES string of the molecule is CCNC(C1CC(C)CC(C)C1)C1CN(C)CCN1C. The van der Waals surface area contributed by atoms with E-state index in [0.29, 0.717) is 12.1 Å². The van der Waals surface area contributed by atoms with E-state index in [2.05, 4.69) is 50.0 Å². The molecule has 0 radical (unpaired) electrons. The predicted octanol–water partition coefficient (Wildman–Crippen LogP) is 2.28. The van der Waals surface area contributed by atoms with E-state index >= 15 is 0 Å². The zero-order valence-electron chi connectivity index (χ0n) is 14.2. The fourth-order valence-corrected chi connectivity index (χ4v) is 4.59. The highest BCUT2D eigenvalue weighted by Crippen LogP contribution is 2.36. The van der Waals surface area contributed by atoms with Crippen LogP contribution in [0.15, 0.2) is 0 Å². The molecule has 1 N–H and O–H groups in total. The van der Waals surface area contributed by atoms with Gasteiger partial charge in [-0.05, 0) is 57.7 Å². The highest BCUT2D eigenvalue weighted by molar-refractivity contribution is 4.94. The normalized spacial score (nSPS) is 38.9. The summed E-state index contributed by atoms with van der Waals surface area (Å²) in [4.78, 5) is 5.10. The first kappa shape index (κ1) is 16.3. The first-order valence-corrected chi connectivity index (χ1v) is 8.63. The maximum atomic E-state index is 3.85. The van der Waals surface area contributed by atoms with Crippen molar-refractivity contribution >= 4 is 0 Å². The highest BCUT2D eigenvalue weighted by atomic mass is 15.3. The summed E-state index contributed by atoms with van der Waals surface area (Å²) in [5.41, 5.74) is 0. The average Bonchev–Trinajstić information content (AvgIpc) is 2.38. The fourth-order valence-electron chi connectivity index (χ4n) is 4.59. The smallest absolute Gasteiger partial charge is 0.0376 e. The van der Waals surface area contributed by atoms with Crippen LogP contribution in [-0.2, 0) is 0 Å². The van der Waals surface area contributed by atoms with E-state index in [4.69, 9.17) is 0 Å². The predicted molar refractivity (Wildman–Crippen MR) is 87.0 cm³/mol. The molecule has 118 valence electrons. The van der Waals surface area contributed by atoms with Crippen molar-refractivity contribution in [3.05, 3.63) is 0 Å². The summed E-state index contributed by atoms with van der Waals surface area (Å²) in [5.74, 6) is 2.65. The number of hydrogen-bond donors (Lipinski definition) is 1. The third-order valence-corrected chi connectivity index (χ3v) is 5.48. The van der Waals surface area contributed by atoms with Gasteiger partial charge in [-0.15, -0.1) is 0 Å². The summed E-state index contributed by atoms with van der Waals surface area (Å²) >= 11 is 0. The van der Waals surface area contributed by atoms with Gasteiger partial charge in [0.25, 0.3) is 0 Å². The van der Waals surface area contributed by atoms with Crippen molar-refractivity contribution in [1.29, 1.82) is 0 Å². The second-order valence-corrected chi connectivity index (χ2v) is 7.57. The standard InChI is InChI=1S/C17H35N3/c1-6-18-17(15-10-13(2)9-14(3)11-15)16-12-19(4)7-8-20(16)5/h13-18H,6-12H2,1-5H3. The molecule has 3 nitrogen and oxygen atoms in total. The zero-order chi connectivity index (χ0) is 14.7. The number of likely N-dealkylation sites (N-methyl/N-ethyl adjacent to an activating group) is 3. The molecule has 1 heterocycles. The van der Waals surface area contributed by atoms with Crippen LogP contribution in [-0.4, -0.2) is 62.2 Å². The summed E-state index contributed by atoms with van der Waals surface area (Å²) in [7, 11) is 4.59. The van der Waals surface area contributed by atoms with Crippen LogP contribution in [0.1, 0.15) is 40.0 Å². The van der Waals surface area contributed by atoms with Crippen molar-refractivity contribution in [3.8, 4) is 0 Å². The lowest BCUT2D eigenvalue weighted by atomic mass is 9.72. The molecule has 1 aliphatic heterocycles.